The van der Waals surface area contributed by atoms with Crippen LogP contribution in [0.5, 0.6) is 0 Å². The first kappa shape index (κ1) is 21.7. The van der Waals surface area contributed by atoms with Gasteiger partial charge in [-0.15, -0.1) is 5.10 Å². The van der Waals surface area contributed by atoms with Crippen molar-refractivity contribution in [3.8, 4) is 0 Å². The quantitative estimate of drug-likeness (QED) is 0.596. The van der Waals surface area contributed by atoms with Gasteiger partial charge >= 0.3 is 0 Å². The van der Waals surface area contributed by atoms with E-state index in [9.17, 15) is 4.79 Å². The lowest BCUT2D eigenvalue weighted by Gasteiger charge is -2.33. The van der Waals surface area contributed by atoms with Gasteiger partial charge in [-0.3, -0.25) is 9.78 Å². The Bertz CT molecular complexity index is 1200. The third-order valence-corrected chi connectivity index (χ3v) is 5.74. The molecule has 0 saturated carbocycles. The molecule has 2 heterocycles. The number of primary amides is 1. The summed E-state index contributed by atoms with van der Waals surface area (Å²) in [5, 5.41) is 7.93. The summed E-state index contributed by atoms with van der Waals surface area (Å²) in [5.74, 6) is 0.0895. The number of nitrogens with two attached hydrogens (primary N) is 1. The predicted molar refractivity (Wildman–Crippen MR) is 126 cm³/mol. The highest BCUT2D eigenvalue weighted by Gasteiger charge is 2.37. The normalized spacial score (nSPS) is 18.2. The summed E-state index contributed by atoms with van der Waals surface area (Å²) in [6.45, 7) is 4.94. The van der Waals surface area contributed by atoms with Crippen LogP contribution in [0.1, 0.15) is 29.7 Å². The van der Waals surface area contributed by atoms with Gasteiger partial charge in [-0.25, -0.2) is 4.52 Å². The van der Waals surface area contributed by atoms with Gasteiger partial charge in [-0.2, -0.15) is 4.98 Å². The highest BCUT2D eigenvalue weighted by atomic mass is 16.1. The second-order valence-electron chi connectivity index (χ2n) is 8.78. The van der Waals surface area contributed by atoms with Gasteiger partial charge in [-0.1, -0.05) is 24.3 Å². The lowest BCUT2D eigenvalue weighted by Crippen LogP contribution is -2.34. The number of aryl methyl sites for hydroxylation is 2. The number of allylic oxidation sites excluding steroid dienone is 3. The molecular formula is C24H29N7O. The standard InChI is InChI=1S/C24H29N7O/c1-16-12-17(2)14-19(13-16)27-23-28-22-20(26-9-11-31(22)29-23)24(8-10-30(3)4)7-5-6-18(15-24)21(25)32/h5-7,9,11-14H,8,10,15H2,1-4H3,(H2,25,32)(H,27,29). The lowest BCUT2D eigenvalue weighted by molar-refractivity contribution is -0.114. The van der Waals surface area contributed by atoms with Crippen LogP contribution >= 0.6 is 0 Å². The average molecular weight is 432 g/mol. The number of fused-ring (bicyclic) bond motifs is 1. The van der Waals surface area contributed by atoms with E-state index in [1.807, 2.05) is 20.2 Å². The second-order valence-corrected chi connectivity index (χ2v) is 8.78. The molecule has 1 aliphatic carbocycles. The van der Waals surface area contributed by atoms with Crippen LogP contribution in [-0.2, 0) is 10.2 Å². The topological polar surface area (TPSA) is 101 Å². The minimum Gasteiger partial charge on any atom is -0.366 e. The molecule has 0 saturated heterocycles. The molecule has 32 heavy (non-hydrogen) atoms. The van der Waals surface area contributed by atoms with E-state index in [1.165, 1.54) is 11.1 Å². The van der Waals surface area contributed by atoms with Crippen molar-refractivity contribution in [3.63, 3.8) is 0 Å². The Balaban J connectivity index is 1.76. The number of amides is 1. The third kappa shape index (κ3) is 4.40. The fourth-order valence-electron chi connectivity index (χ4n) is 4.25. The van der Waals surface area contributed by atoms with E-state index >= 15 is 0 Å². The molecule has 0 spiro atoms. The van der Waals surface area contributed by atoms with Crippen LogP contribution in [-0.4, -0.2) is 51.0 Å². The van der Waals surface area contributed by atoms with Crippen molar-refractivity contribution < 1.29 is 4.79 Å². The van der Waals surface area contributed by atoms with E-state index in [-0.39, 0.29) is 0 Å². The van der Waals surface area contributed by atoms with E-state index < -0.39 is 11.3 Å². The SMILES string of the molecule is Cc1cc(C)cc(Nc2nc3c(C4(CCN(C)C)C=CC=C(C(N)=O)C4)nccn3n2)c1. The van der Waals surface area contributed by atoms with Crippen molar-refractivity contribution in [2.75, 3.05) is 26.0 Å². The van der Waals surface area contributed by atoms with Crippen LogP contribution in [0.2, 0.25) is 0 Å². The maximum atomic E-state index is 12.0. The van der Waals surface area contributed by atoms with Crippen LogP contribution in [0, 0.1) is 13.8 Å². The summed E-state index contributed by atoms with van der Waals surface area (Å²) in [6.07, 6.45) is 10.5. The Kier molecular flexibility index (Phi) is 5.80. The van der Waals surface area contributed by atoms with Gasteiger partial charge in [-0.05, 0) is 70.6 Å². The molecule has 2 aromatic heterocycles. The largest absolute Gasteiger partial charge is 0.366 e. The Morgan fingerprint density at radius 3 is 2.69 bits per heavy atom. The van der Waals surface area contributed by atoms with Gasteiger partial charge in [0.1, 0.15) is 0 Å². The Labute approximate surface area is 187 Å². The van der Waals surface area contributed by atoms with Crippen molar-refractivity contribution in [2.24, 2.45) is 5.73 Å². The molecule has 8 heteroatoms. The van der Waals surface area contributed by atoms with Gasteiger partial charge in [0, 0.05) is 29.1 Å². The number of rotatable bonds is 7. The summed E-state index contributed by atoms with van der Waals surface area (Å²) in [6, 6.07) is 6.24. The van der Waals surface area contributed by atoms with E-state index in [0.29, 0.717) is 23.6 Å². The molecule has 3 N–H and O–H groups in total. The third-order valence-electron chi connectivity index (χ3n) is 5.74. The van der Waals surface area contributed by atoms with Crippen molar-refractivity contribution in [1.82, 2.24) is 24.5 Å². The molecule has 1 unspecified atom stereocenters. The van der Waals surface area contributed by atoms with Crippen molar-refractivity contribution in [3.05, 3.63) is 71.2 Å². The number of carbonyl (C=O) groups is 1. The first-order valence-electron chi connectivity index (χ1n) is 10.7. The van der Waals surface area contributed by atoms with Crippen molar-refractivity contribution in [1.29, 1.82) is 0 Å². The number of anilines is 2. The maximum Gasteiger partial charge on any atom is 0.247 e. The Morgan fingerprint density at radius 2 is 2.00 bits per heavy atom. The average Bonchev–Trinajstić information content (AvgIpc) is 3.14. The molecule has 1 aromatic carbocycles. The maximum absolute atomic E-state index is 12.0. The van der Waals surface area contributed by atoms with Crippen LogP contribution in [0.4, 0.5) is 11.6 Å². The van der Waals surface area contributed by atoms with E-state index in [2.05, 4.69) is 53.4 Å². The molecule has 0 aliphatic heterocycles. The number of nitrogens with one attached hydrogen (secondary N) is 1. The molecule has 0 fully saturated rings. The lowest BCUT2D eigenvalue weighted by atomic mass is 9.72. The smallest absolute Gasteiger partial charge is 0.247 e. The summed E-state index contributed by atoms with van der Waals surface area (Å²) in [5.41, 5.74) is 10.4. The van der Waals surface area contributed by atoms with Crippen LogP contribution < -0.4 is 11.1 Å². The zero-order chi connectivity index (χ0) is 22.9. The number of benzene rings is 1. The molecule has 1 amide bonds. The second kappa shape index (κ2) is 8.55. The first-order valence-corrected chi connectivity index (χ1v) is 10.7. The predicted octanol–water partition coefficient (Wildman–Crippen LogP) is 3.05. The molecule has 1 aliphatic rings. The van der Waals surface area contributed by atoms with Crippen molar-refractivity contribution in [2.45, 2.75) is 32.1 Å². The molecular weight excluding hydrogens is 402 g/mol. The van der Waals surface area contributed by atoms with E-state index in [4.69, 9.17) is 15.7 Å². The van der Waals surface area contributed by atoms with Gasteiger partial charge in [0.2, 0.25) is 11.9 Å². The Morgan fingerprint density at radius 1 is 1.25 bits per heavy atom. The minimum atomic E-state index is -0.504. The molecule has 0 bridgehead atoms. The molecule has 4 rings (SSSR count). The van der Waals surface area contributed by atoms with Crippen LogP contribution in [0.15, 0.2) is 54.4 Å². The van der Waals surface area contributed by atoms with Gasteiger partial charge in [0.05, 0.1) is 5.69 Å². The highest BCUT2D eigenvalue weighted by molar-refractivity contribution is 5.93. The first-order chi connectivity index (χ1) is 15.3. The summed E-state index contributed by atoms with van der Waals surface area (Å²) in [7, 11) is 4.06. The van der Waals surface area contributed by atoms with Crippen LogP contribution in [0.3, 0.4) is 0 Å². The van der Waals surface area contributed by atoms with Crippen LogP contribution in [0.25, 0.3) is 5.65 Å². The number of aromatic nitrogens is 4. The van der Waals surface area contributed by atoms with Gasteiger partial charge in [0.15, 0.2) is 5.65 Å². The molecule has 1 atom stereocenters. The molecule has 3 aromatic rings. The minimum absolute atomic E-state index is 0.408. The zero-order valence-electron chi connectivity index (χ0n) is 19.0. The van der Waals surface area contributed by atoms with E-state index in [1.54, 1.807) is 23.0 Å². The molecule has 0 radical (unpaired) electrons. The fourth-order valence-corrected chi connectivity index (χ4v) is 4.25. The molecule has 166 valence electrons. The zero-order valence-corrected chi connectivity index (χ0v) is 19.0. The van der Waals surface area contributed by atoms with Gasteiger partial charge in [0.25, 0.3) is 0 Å². The number of hydrogen-bond acceptors (Lipinski definition) is 6. The summed E-state index contributed by atoms with van der Waals surface area (Å²) < 4.78 is 1.74. The molecule has 8 nitrogen and oxygen atoms in total. The number of hydrogen-bond donors (Lipinski definition) is 2. The summed E-state index contributed by atoms with van der Waals surface area (Å²) >= 11 is 0. The van der Waals surface area contributed by atoms with Gasteiger partial charge < -0.3 is 16.0 Å². The highest BCUT2D eigenvalue weighted by Crippen LogP contribution is 2.39. The fraction of sp³-hybridized carbons (Fsp3) is 0.333. The monoisotopic (exact) mass is 431 g/mol. The summed E-state index contributed by atoms with van der Waals surface area (Å²) in [4.78, 5) is 23.6. The van der Waals surface area contributed by atoms with E-state index in [0.717, 1.165) is 24.3 Å². The Hall–Kier alpha value is -3.52. The number of carbonyl (C=O) groups excluding carboxylic acids is 1. The number of nitrogens with zero attached hydrogens (tertiary/aromatic N) is 5. The van der Waals surface area contributed by atoms with Crippen molar-refractivity contribution >= 4 is 23.2 Å².